The highest BCUT2D eigenvalue weighted by molar-refractivity contribution is 7.92. The molecule has 0 aliphatic rings. The summed E-state index contributed by atoms with van der Waals surface area (Å²) < 4.78 is 32.7. The largest absolute Gasteiger partial charge is 0.481 e. The molecule has 3 aromatic rings. The van der Waals surface area contributed by atoms with Crippen LogP contribution in [-0.2, 0) is 10.0 Å². The quantitative estimate of drug-likeness (QED) is 0.797. The minimum Gasteiger partial charge on any atom is -0.481 e. The molecule has 3 rings (SSSR count). The fourth-order valence-electron chi connectivity index (χ4n) is 2.30. The molecule has 0 amide bonds. The number of hydrogen-bond donors (Lipinski definition) is 1. The van der Waals surface area contributed by atoms with Gasteiger partial charge in [-0.2, -0.15) is 0 Å². The van der Waals surface area contributed by atoms with E-state index in [1.807, 2.05) is 19.1 Å². The Labute approximate surface area is 135 Å². The van der Waals surface area contributed by atoms with Gasteiger partial charge in [0.1, 0.15) is 0 Å². The van der Waals surface area contributed by atoms with Crippen LogP contribution in [0.3, 0.4) is 0 Å². The van der Waals surface area contributed by atoms with Gasteiger partial charge in [0.05, 0.1) is 12.0 Å². The predicted octanol–water partition coefficient (Wildman–Crippen LogP) is 3.35. The number of ether oxygens (including phenoxy) is 1. The van der Waals surface area contributed by atoms with Gasteiger partial charge in [0.25, 0.3) is 10.0 Å². The molecule has 0 unspecified atom stereocenters. The maximum absolute atomic E-state index is 12.4. The maximum Gasteiger partial charge on any atom is 0.261 e. The lowest BCUT2D eigenvalue weighted by atomic mass is 10.1. The molecule has 0 atom stereocenters. The summed E-state index contributed by atoms with van der Waals surface area (Å²) in [6.07, 6.45) is 1.65. The summed E-state index contributed by atoms with van der Waals surface area (Å²) in [5.41, 5.74) is 1.47. The minimum atomic E-state index is -3.63. The average Bonchev–Trinajstić information content (AvgIpc) is 2.54. The molecule has 0 saturated carbocycles. The highest BCUT2D eigenvalue weighted by Crippen LogP contribution is 2.27. The summed E-state index contributed by atoms with van der Waals surface area (Å²) in [5, 5.41) is 1.68. The summed E-state index contributed by atoms with van der Waals surface area (Å²) in [7, 11) is -2.10. The van der Waals surface area contributed by atoms with Crippen LogP contribution < -0.4 is 9.46 Å². The number of fused-ring (bicyclic) bond motifs is 1. The zero-order valence-electron chi connectivity index (χ0n) is 12.8. The van der Waals surface area contributed by atoms with Crippen molar-refractivity contribution in [2.75, 3.05) is 11.8 Å². The number of benzene rings is 2. The van der Waals surface area contributed by atoms with Crippen LogP contribution in [0.2, 0.25) is 0 Å². The van der Waals surface area contributed by atoms with Crippen LogP contribution in [0.1, 0.15) is 5.56 Å². The summed E-state index contributed by atoms with van der Waals surface area (Å²) in [4.78, 5) is 4.35. The monoisotopic (exact) mass is 328 g/mol. The number of aryl methyl sites for hydroxylation is 1. The molecular formula is C17H16N2O3S. The van der Waals surface area contributed by atoms with Gasteiger partial charge in [-0.3, -0.25) is 4.72 Å². The zero-order chi connectivity index (χ0) is 16.4. The van der Waals surface area contributed by atoms with Crippen LogP contribution in [0.15, 0.2) is 59.6 Å². The van der Waals surface area contributed by atoms with Crippen LogP contribution in [0, 0.1) is 6.92 Å². The molecule has 0 fully saturated rings. The molecule has 118 valence electrons. The van der Waals surface area contributed by atoms with E-state index < -0.39 is 10.0 Å². The topological polar surface area (TPSA) is 68.3 Å². The number of rotatable bonds is 4. The number of pyridine rings is 1. The number of sulfonamides is 1. The third-order valence-corrected chi connectivity index (χ3v) is 4.90. The third kappa shape index (κ3) is 3.12. The molecule has 0 bridgehead atoms. The van der Waals surface area contributed by atoms with Crippen LogP contribution >= 0.6 is 0 Å². The summed E-state index contributed by atoms with van der Waals surface area (Å²) in [6, 6.07) is 13.8. The van der Waals surface area contributed by atoms with E-state index in [-0.39, 0.29) is 4.90 Å². The first-order chi connectivity index (χ1) is 11.0. The molecule has 6 heteroatoms. The van der Waals surface area contributed by atoms with Gasteiger partial charge in [0.15, 0.2) is 0 Å². The van der Waals surface area contributed by atoms with Crippen molar-refractivity contribution in [3.05, 3.63) is 60.3 Å². The Morgan fingerprint density at radius 1 is 1.04 bits per heavy atom. The second-order valence-corrected chi connectivity index (χ2v) is 6.86. The molecule has 0 spiro atoms. The van der Waals surface area contributed by atoms with Crippen LogP contribution in [0.25, 0.3) is 10.8 Å². The Morgan fingerprint density at radius 3 is 2.48 bits per heavy atom. The van der Waals surface area contributed by atoms with Crippen LogP contribution in [0.4, 0.5) is 5.69 Å². The summed E-state index contributed by atoms with van der Waals surface area (Å²) in [6.45, 7) is 1.91. The molecular weight excluding hydrogens is 312 g/mol. The molecule has 0 aliphatic carbocycles. The van der Waals surface area contributed by atoms with Crippen molar-refractivity contribution in [1.82, 2.24) is 4.98 Å². The van der Waals surface area contributed by atoms with Crippen LogP contribution in [-0.4, -0.2) is 20.5 Å². The van der Waals surface area contributed by atoms with Crippen molar-refractivity contribution in [3.63, 3.8) is 0 Å². The minimum absolute atomic E-state index is 0.223. The first kappa shape index (κ1) is 15.3. The molecule has 0 saturated heterocycles. The number of aromatic nitrogens is 1. The number of anilines is 1. The molecule has 1 heterocycles. The Balaban J connectivity index is 1.99. The highest BCUT2D eigenvalue weighted by Gasteiger charge is 2.14. The van der Waals surface area contributed by atoms with Gasteiger partial charge in [-0.1, -0.05) is 23.8 Å². The van der Waals surface area contributed by atoms with Crippen molar-refractivity contribution < 1.29 is 13.2 Å². The number of nitrogens with zero attached hydrogens (tertiary/aromatic N) is 1. The van der Waals surface area contributed by atoms with Crippen molar-refractivity contribution in [3.8, 4) is 5.88 Å². The van der Waals surface area contributed by atoms with E-state index in [0.717, 1.165) is 16.3 Å². The van der Waals surface area contributed by atoms with E-state index in [1.54, 1.807) is 42.6 Å². The molecule has 0 radical (unpaired) electrons. The van der Waals surface area contributed by atoms with E-state index in [9.17, 15) is 8.42 Å². The Morgan fingerprint density at radius 2 is 1.78 bits per heavy atom. The van der Waals surface area contributed by atoms with Crippen molar-refractivity contribution in [2.24, 2.45) is 0 Å². The fourth-order valence-corrected chi connectivity index (χ4v) is 3.35. The SMILES string of the molecule is COc1nccc2ccc(NS(=O)(=O)c3ccc(C)cc3)cc12. The highest BCUT2D eigenvalue weighted by atomic mass is 32.2. The smallest absolute Gasteiger partial charge is 0.261 e. The van der Waals surface area contributed by atoms with E-state index in [0.29, 0.717) is 11.6 Å². The molecule has 1 aromatic heterocycles. The molecule has 5 nitrogen and oxygen atoms in total. The number of methoxy groups -OCH3 is 1. The van der Waals surface area contributed by atoms with Gasteiger partial charge in [-0.05, 0) is 42.6 Å². The Kier molecular flexibility index (Phi) is 3.92. The lowest BCUT2D eigenvalue weighted by molar-refractivity contribution is 0.403. The normalized spacial score (nSPS) is 11.4. The Bertz CT molecular complexity index is 951. The second kappa shape index (κ2) is 5.89. The first-order valence-corrected chi connectivity index (χ1v) is 8.50. The zero-order valence-corrected chi connectivity index (χ0v) is 13.6. The third-order valence-electron chi connectivity index (χ3n) is 3.51. The lowest BCUT2D eigenvalue weighted by Crippen LogP contribution is -2.12. The molecule has 23 heavy (non-hydrogen) atoms. The number of hydrogen-bond acceptors (Lipinski definition) is 4. The van der Waals surface area contributed by atoms with Gasteiger partial charge >= 0.3 is 0 Å². The van der Waals surface area contributed by atoms with Crippen molar-refractivity contribution in [1.29, 1.82) is 0 Å². The number of nitrogens with one attached hydrogen (secondary N) is 1. The molecule has 0 aliphatic heterocycles. The summed E-state index contributed by atoms with van der Waals surface area (Å²) in [5.74, 6) is 0.457. The van der Waals surface area contributed by atoms with Crippen molar-refractivity contribution in [2.45, 2.75) is 11.8 Å². The van der Waals surface area contributed by atoms with Gasteiger partial charge in [-0.25, -0.2) is 13.4 Å². The first-order valence-electron chi connectivity index (χ1n) is 7.02. The van der Waals surface area contributed by atoms with Gasteiger partial charge in [0, 0.05) is 17.3 Å². The average molecular weight is 328 g/mol. The van der Waals surface area contributed by atoms with Crippen LogP contribution in [0.5, 0.6) is 5.88 Å². The maximum atomic E-state index is 12.4. The lowest BCUT2D eigenvalue weighted by Gasteiger charge is -2.10. The van der Waals surface area contributed by atoms with E-state index in [1.165, 1.54) is 7.11 Å². The molecule has 1 N–H and O–H groups in total. The van der Waals surface area contributed by atoms with Gasteiger partial charge < -0.3 is 4.74 Å². The predicted molar refractivity (Wildman–Crippen MR) is 90.3 cm³/mol. The van der Waals surface area contributed by atoms with Gasteiger partial charge in [0.2, 0.25) is 5.88 Å². The summed E-state index contributed by atoms with van der Waals surface area (Å²) >= 11 is 0. The Hall–Kier alpha value is -2.60. The molecule has 2 aromatic carbocycles. The standard InChI is InChI=1S/C17H16N2O3S/c1-12-3-7-15(8-4-12)23(20,21)19-14-6-5-13-9-10-18-17(22-2)16(13)11-14/h3-11,19H,1-2H3. The van der Waals surface area contributed by atoms with Gasteiger partial charge in [-0.15, -0.1) is 0 Å². The van der Waals surface area contributed by atoms with E-state index in [4.69, 9.17) is 4.74 Å². The fraction of sp³-hybridized carbons (Fsp3) is 0.118. The van der Waals surface area contributed by atoms with E-state index in [2.05, 4.69) is 9.71 Å². The second-order valence-electron chi connectivity index (χ2n) is 5.17. The van der Waals surface area contributed by atoms with Crippen molar-refractivity contribution >= 4 is 26.5 Å². The van der Waals surface area contributed by atoms with E-state index >= 15 is 0 Å².